The second-order valence-corrected chi connectivity index (χ2v) is 7.53. The minimum absolute atomic E-state index is 0.546. The molecule has 2 atom stereocenters. The molecule has 1 saturated carbocycles. The standard InChI is InChI=1S/C19H27N5S/c1-20-19(23-16-8-9-18(12-16)25-2)21-11-10-15-13-22-24(14-15)17-6-4-3-5-7-17/h3-7,13-14,16,18H,8-12H2,1-2H3,(H2,20,21,23). The van der Waals surface area contributed by atoms with Gasteiger partial charge in [-0.3, -0.25) is 4.99 Å². The van der Waals surface area contributed by atoms with Gasteiger partial charge >= 0.3 is 0 Å². The lowest BCUT2D eigenvalue weighted by molar-refractivity contribution is 0.614. The van der Waals surface area contributed by atoms with Crippen molar-refractivity contribution in [3.63, 3.8) is 0 Å². The summed E-state index contributed by atoms with van der Waals surface area (Å²) in [6.07, 6.45) is 10.9. The molecule has 0 saturated heterocycles. The third kappa shape index (κ3) is 5.01. The SMILES string of the molecule is CN=C(NCCc1cnn(-c2ccccc2)c1)NC1CCC(SC)C1. The van der Waals surface area contributed by atoms with E-state index < -0.39 is 0 Å². The minimum atomic E-state index is 0.546. The van der Waals surface area contributed by atoms with Crippen LogP contribution in [0.15, 0.2) is 47.7 Å². The molecule has 6 heteroatoms. The molecular weight excluding hydrogens is 330 g/mol. The number of nitrogens with one attached hydrogen (secondary N) is 2. The van der Waals surface area contributed by atoms with Gasteiger partial charge in [0.2, 0.25) is 0 Å². The summed E-state index contributed by atoms with van der Waals surface area (Å²) >= 11 is 1.98. The first kappa shape index (κ1) is 17.9. The van der Waals surface area contributed by atoms with Gasteiger partial charge in [-0.25, -0.2) is 4.68 Å². The first-order chi connectivity index (χ1) is 12.3. The first-order valence-electron chi connectivity index (χ1n) is 8.87. The molecule has 1 aromatic carbocycles. The predicted octanol–water partition coefficient (Wildman–Crippen LogP) is 2.86. The van der Waals surface area contributed by atoms with E-state index in [-0.39, 0.29) is 0 Å². The van der Waals surface area contributed by atoms with Gasteiger partial charge in [0.25, 0.3) is 0 Å². The van der Waals surface area contributed by atoms with E-state index in [2.05, 4.69) is 45.3 Å². The topological polar surface area (TPSA) is 54.2 Å². The molecule has 25 heavy (non-hydrogen) atoms. The average Bonchev–Trinajstić information content (AvgIpc) is 3.31. The molecule has 2 N–H and O–H groups in total. The lowest BCUT2D eigenvalue weighted by atomic mass is 10.2. The van der Waals surface area contributed by atoms with E-state index in [1.165, 1.54) is 24.8 Å². The van der Waals surface area contributed by atoms with Gasteiger partial charge in [-0.2, -0.15) is 16.9 Å². The molecule has 2 unspecified atom stereocenters. The number of nitrogens with zero attached hydrogens (tertiary/aromatic N) is 3. The van der Waals surface area contributed by atoms with Crippen molar-refractivity contribution >= 4 is 17.7 Å². The molecule has 0 amide bonds. The van der Waals surface area contributed by atoms with Gasteiger partial charge in [-0.1, -0.05) is 18.2 Å². The molecule has 134 valence electrons. The summed E-state index contributed by atoms with van der Waals surface area (Å²) < 4.78 is 1.92. The number of hydrogen-bond donors (Lipinski definition) is 2. The Labute approximate surface area is 154 Å². The fraction of sp³-hybridized carbons (Fsp3) is 0.474. The van der Waals surface area contributed by atoms with Crippen LogP contribution < -0.4 is 10.6 Å². The van der Waals surface area contributed by atoms with Crippen LogP contribution in [0, 0.1) is 0 Å². The third-order valence-corrected chi connectivity index (χ3v) is 5.74. The second kappa shape index (κ2) is 8.94. The molecule has 1 aliphatic carbocycles. The summed E-state index contributed by atoms with van der Waals surface area (Å²) in [5.41, 5.74) is 2.30. The molecule has 0 radical (unpaired) electrons. The highest BCUT2D eigenvalue weighted by Gasteiger charge is 2.24. The van der Waals surface area contributed by atoms with E-state index in [1.807, 2.05) is 47.9 Å². The molecule has 0 bridgehead atoms. The van der Waals surface area contributed by atoms with Gasteiger partial charge in [-0.15, -0.1) is 0 Å². The number of guanidine groups is 1. The van der Waals surface area contributed by atoms with Crippen LogP contribution >= 0.6 is 11.8 Å². The molecule has 2 aromatic rings. The smallest absolute Gasteiger partial charge is 0.191 e. The fourth-order valence-corrected chi connectivity index (χ4v) is 4.01. The quantitative estimate of drug-likeness (QED) is 0.617. The summed E-state index contributed by atoms with van der Waals surface area (Å²) in [5.74, 6) is 0.905. The normalized spacial score (nSPS) is 20.6. The van der Waals surface area contributed by atoms with E-state index in [0.717, 1.165) is 29.9 Å². The number of hydrogen-bond acceptors (Lipinski definition) is 3. The van der Waals surface area contributed by atoms with E-state index >= 15 is 0 Å². The zero-order valence-corrected chi connectivity index (χ0v) is 15.8. The second-order valence-electron chi connectivity index (χ2n) is 6.39. The molecule has 5 nitrogen and oxygen atoms in total. The summed E-state index contributed by atoms with van der Waals surface area (Å²) in [6, 6.07) is 10.7. The van der Waals surface area contributed by atoms with Crippen LogP contribution in [0.2, 0.25) is 0 Å². The van der Waals surface area contributed by atoms with E-state index in [1.54, 1.807) is 0 Å². The molecule has 1 heterocycles. The molecule has 0 aliphatic heterocycles. The lowest BCUT2D eigenvalue weighted by Crippen LogP contribution is -2.43. The maximum Gasteiger partial charge on any atom is 0.191 e. The van der Waals surface area contributed by atoms with Gasteiger partial charge in [0.15, 0.2) is 5.96 Å². The first-order valence-corrected chi connectivity index (χ1v) is 10.2. The summed E-state index contributed by atoms with van der Waals surface area (Å²) in [5, 5.41) is 12.2. The average molecular weight is 358 g/mol. The largest absolute Gasteiger partial charge is 0.356 e. The monoisotopic (exact) mass is 357 g/mol. The van der Waals surface area contributed by atoms with Gasteiger partial charge in [0, 0.05) is 31.1 Å². The predicted molar refractivity (Wildman–Crippen MR) is 107 cm³/mol. The zero-order valence-electron chi connectivity index (χ0n) is 15.0. The van der Waals surface area contributed by atoms with Crippen molar-refractivity contribution in [1.82, 2.24) is 20.4 Å². The van der Waals surface area contributed by atoms with Gasteiger partial charge in [0.1, 0.15) is 0 Å². The number of rotatable bonds is 6. The van der Waals surface area contributed by atoms with Crippen molar-refractivity contribution in [2.24, 2.45) is 4.99 Å². The molecule has 1 aliphatic rings. The van der Waals surface area contributed by atoms with Gasteiger partial charge < -0.3 is 10.6 Å². The van der Waals surface area contributed by atoms with Crippen LogP contribution in [-0.4, -0.2) is 46.9 Å². The van der Waals surface area contributed by atoms with Crippen LogP contribution in [-0.2, 0) is 6.42 Å². The number of aliphatic imine (C=N–C) groups is 1. The Balaban J connectivity index is 1.45. The Kier molecular flexibility index (Phi) is 6.39. The molecule has 0 spiro atoms. The maximum absolute atomic E-state index is 4.45. The number of aromatic nitrogens is 2. The number of thioether (sulfide) groups is 1. The van der Waals surface area contributed by atoms with Gasteiger partial charge in [-0.05, 0) is 49.6 Å². The zero-order chi connectivity index (χ0) is 17.5. The Morgan fingerprint density at radius 3 is 2.88 bits per heavy atom. The highest BCUT2D eigenvalue weighted by Crippen LogP contribution is 2.27. The van der Waals surface area contributed by atoms with Crippen LogP contribution in [0.3, 0.4) is 0 Å². The molecule has 1 aromatic heterocycles. The summed E-state index contributed by atoms with van der Waals surface area (Å²) in [7, 11) is 1.84. The van der Waals surface area contributed by atoms with Crippen LogP contribution in [0.1, 0.15) is 24.8 Å². The summed E-state index contributed by atoms with van der Waals surface area (Å²) in [4.78, 5) is 4.35. The molecule has 1 fully saturated rings. The highest BCUT2D eigenvalue weighted by atomic mass is 32.2. The fourth-order valence-electron chi connectivity index (χ4n) is 3.21. The minimum Gasteiger partial charge on any atom is -0.356 e. The Bertz CT molecular complexity index is 682. The Morgan fingerprint density at radius 2 is 2.16 bits per heavy atom. The molecular formula is C19H27N5S. The van der Waals surface area contributed by atoms with Crippen LogP contribution in [0.4, 0.5) is 0 Å². The van der Waals surface area contributed by atoms with Crippen LogP contribution in [0.25, 0.3) is 5.69 Å². The summed E-state index contributed by atoms with van der Waals surface area (Å²) in [6.45, 7) is 0.846. The van der Waals surface area contributed by atoms with E-state index in [9.17, 15) is 0 Å². The van der Waals surface area contributed by atoms with Crippen molar-refractivity contribution in [1.29, 1.82) is 0 Å². The van der Waals surface area contributed by atoms with Crippen molar-refractivity contribution in [3.8, 4) is 5.69 Å². The van der Waals surface area contributed by atoms with E-state index in [0.29, 0.717) is 6.04 Å². The van der Waals surface area contributed by atoms with Crippen molar-refractivity contribution < 1.29 is 0 Å². The Morgan fingerprint density at radius 1 is 1.32 bits per heavy atom. The molecule has 3 rings (SSSR count). The Hall–Kier alpha value is -1.95. The number of benzene rings is 1. The number of para-hydroxylation sites is 1. The maximum atomic E-state index is 4.45. The third-order valence-electron chi connectivity index (χ3n) is 4.65. The lowest BCUT2D eigenvalue weighted by Gasteiger charge is -2.17. The highest BCUT2D eigenvalue weighted by molar-refractivity contribution is 7.99. The van der Waals surface area contributed by atoms with Crippen molar-refractivity contribution in [3.05, 3.63) is 48.3 Å². The van der Waals surface area contributed by atoms with Crippen molar-refractivity contribution in [2.75, 3.05) is 19.8 Å². The van der Waals surface area contributed by atoms with Crippen molar-refractivity contribution in [2.45, 2.75) is 37.0 Å². The van der Waals surface area contributed by atoms with Crippen LogP contribution in [0.5, 0.6) is 0 Å². The van der Waals surface area contributed by atoms with E-state index in [4.69, 9.17) is 0 Å². The van der Waals surface area contributed by atoms with Gasteiger partial charge in [0.05, 0.1) is 11.9 Å².